The lowest BCUT2D eigenvalue weighted by atomic mass is 10.0. The van der Waals surface area contributed by atoms with Gasteiger partial charge in [-0.15, -0.1) is 15.3 Å². The van der Waals surface area contributed by atoms with Gasteiger partial charge in [-0.3, -0.25) is 43.7 Å². The molecule has 3 aromatic rings. The second-order valence-corrected chi connectivity index (χ2v) is 24.1. The molecule has 2 aromatic carbocycles. The Bertz CT molecular complexity index is 2530. The van der Waals surface area contributed by atoms with E-state index in [1.54, 1.807) is 42.1 Å². The van der Waals surface area contributed by atoms with Gasteiger partial charge in [-0.05, 0) is 38.7 Å². The van der Waals surface area contributed by atoms with Gasteiger partial charge in [-0.1, -0.05) is 222 Å². The molecule has 0 fully saturated rings. The smallest absolute Gasteiger partial charge is 0.462 e. The molecule has 1 aromatic heterocycles. The summed E-state index contributed by atoms with van der Waals surface area (Å²) < 4.78 is 41.7. The number of amidine groups is 2. The van der Waals surface area contributed by atoms with E-state index in [-0.39, 0.29) is 68.4 Å². The summed E-state index contributed by atoms with van der Waals surface area (Å²) in [7, 11) is -4.65. The van der Waals surface area contributed by atoms with Crippen LogP contribution in [0.5, 0.6) is 0 Å². The highest BCUT2D eigenvalue weighted by atomic mass is 31.2. The van der Waals surface area contributed by atoms with E-state index < -0.39 is 49.6 Å². The molecular weight excluding hydrogens is 1130 g/mol. The molecule has 2 unspecified atom stereocenters. The van der Waals surface area contributed by atoms with Crippen molar-refractivity contribution < 1.29 is 56.8 Å². The fraction of sp³-hybridized carbons (Fsp3) is 0.688. The fourth-order valence-electron chi connectivity index (χ4n) is 10.0. The number of ether oxygens (including phenoxy) is 3. The Balaban J connectivity index is 1.13. The molecule has 0 saturated carbocycles. The van der Waals surface area contributed by atoms with Crippen molar-refractivity contribution in [3.05, 3.63) is 87.7 Å². The van der Waals surface area contributed by atoms with E-state index in [9.17, 15) is 38.8 Å². The third-order valence-corrected chi connectivity index (χ3v) is 16.1. The zero-order valence-electron chi connectivity index (χ0n) is 52.4. The predicted molar refractivity (Wildman–Crippen MR) is 336 cm³/mol. The van der Waals surface area contributed by atoms with E-state index in [0.29, 0.717) is 62.2 Å². The minimum Gasteiger partial charge on any atom is -0.462 e. The van der Waals surface area contributed by atoms with E-state index >= 15 is 0 Å². The molecule has 2 amide bonds. The maximum absolute atomic E-state index is 13.6. The molecule has 0 radical (unpaired) electrons. The van der Waals surface area contributed by atoms with Crippen LogP contribution in [-0.2, 0) is 55.2 Å². The van der Waals surface area contributed by atoms with Crippen LogP contribution in [0.25, 0.3) is 0 Å². The Hall–Kier alpha value is -6.09. The Morgan fingerprint density at radius 3 is 1.79 bits per heavy atom. The number of amides is 2. The van der Waals surface area contributed by atoms with E-state index in [0.717, 1.165) is 43.5 Å². The number of nitro groups is 1. The Morgan fingerprint density at radius 2 is 1.20 bits per heavy atom. The number of hydrazine groups is 1. The van der Waals surface area contributed by atoms with E-state index in [4.69, 9.17) is 23.3 Å². The number of phosphoric ester groups is 1. The second kappa shape index (κ2) is 45.2. The molecule has 0 saturated heterocycles. The molecule has 23 heteroatoms. The molecule has 22 nitrogen and oxygen atoms in total. The number of nitrogens with zero attached hydrogens (tertiary/aromatic N) is 7. The maximum atomic E-state index is 13.6. The molecule has 0 aliphatic carbocycles. The number of nitro benzene ring substituents is 1. The summed E-state index contributed by atoms with van der Waals surface area (Å²) in [5.74, 6) is -0.663. The number of benzene rings is 2. The van der Waals surface area contributed by atoms with E-state index in [1.807, 2.05) is 18.2 Å². The number of carbonyl (C=O) groups is 4. The quantitative estimate of drug-likeness (QED) is 0.0118. The summed E-state index contributed by atoms with van der Waals surface area (Å²) in [4.78, 5) is 73.6. The average Bonchev–Trinajstić information content (AvgIpc) is 4.16. The molecular formula is C64H102N9O13P. The average molecular weight is 1240 g/mol. The number of aromatic nitrogens is 3. The third-order valence-electron chi connectivity index (χ3n) is 15.1. The number of phosphoric acid groups is 1. The summed E-state index contributed by atoms with van der Waals surface area (Å²) in [6.07, 6.45) is 32.7. The molecule has 1 aliphatic rings. The number of hydrogen-bond acceptors (Lipinski definition) is 17. The minimum absolute atomic E-state index is 0.0532. The van der Waals surface area contributed by atoms with Crippen molar-refractivity contribution in [1.29, 1.82) is 0 Å². The molecule has 1 aliphatic heterocycles. The van der Waals surface area contributed by atoms with Gasteiger partial charge in [0.15, 0.2) is 17.8 Å². The molecule has 3 N–H and O–H groups in total. The van der Waals surface area contributed by atoms with Gasteiger partial charge in [0.1, 0.15) is 12.7 Å². The third kappa shape index (κ3) is 33.2. The first-order valence-electron chi connectivity index (χ1n) is 32.6. The first kappa shape index (κ1) is 73.4. The van der Waals surface area contributed by atoms with Crippen LogP contribution in [0.3, 0.4) is 0 Å². The SMILES string of the molecule is CCCCCCCCCCCCCCCC(=O)OC[C@H](COP(=O)(O)OCCNC(=O)CCCCCn1cc(CCC2=NN=C(c3ccccc3)NN2C(=O)OC(C)c2ccccc2[N+](=O)[O-])nn1)OC(=O)CCCCCCCCCCCCCCC. The lowest BCUT2D eigenvalue weighted by molar-refractivity contribution is -0.386. The number of hydrogen-bond donors (Lipinski definition) is 3. The summed E-state index contributed by atoms with van der Waals surface area (Å²) in [5, 5.41) is 32.7. The van der Waals surface area contributed by atoms with Crippen LogP contribution in [-0.4, -0.2) is 97.9 Å². The second-order valence-electron chi connectivity index (χ2n) is 22.6. The lowest BCUT2D eigenvalue weighted by Gasteiger charge is -2.28. The van der Waals surface area contributed by atoms with Crippen LogP contribution < -0.4 is 10.7 Å². The van der Waals surface area contributed by atoms with Crippen molar-refractivity contribution in [1.82, 2.24) is 30.7 Å². The van der Waals surface area contributed by atoms with Crippen LogP contribution in [0.1, 0.15) is 256 Å². The van der Waals surface area contributed by atoms with Crippen molar-refractivity contribution in [2.45, 2.75) is 258 Å². The van der Waals surface area contributed by atoms with Crippen LogP contribution in [0.4, 0.5) is 10.5 Å². The van der Waals surface area contributed by atoms with E-state index in [1.165, 1.54) is 128 Å². The number of carbonyl (C=O) groups excluding carboxylic acids is 4. The molecule has 3 atom stereocenters. The number of nitrogens with one attached hydrogen (secondary N) is 2. The fourth-order valence-corrected chi connectivity index (χ4v) is 10.8. The Kier molecular flexibility index (Phi) is 38.1. The van der Waals surface area contributed by atoms with Crippen molar-refractivity contribution in [2.75, 3.05) is 26.4 Å². The zero-order chi connectivity index (χ0) is 62.6. The number of esters is 2. The zero-order valence-corrected chi connectivity index (χ0v) is 53.3. The number of para-hydroxylation sites is 1. The molecule has 87 heavy (non-hydrogen) atoms. The minimum atomic E-state index is -4.65. The van der Waals surface area contributed by atoms with Gasteiger partial charge in [0.25, 0.3) is 5.69 Å². The molecule has 2 heterocycles. The predicted octanol–water partition coefficient (Wildman–Crippen LogP) is 14.8. The lowest BCUT2D eigenvalue weighted by Crippen LogP contribution is -2.52. The highest BCUT2D eigenvalue weighted by Crippen LogP contribution is 2.43. The van der Waals surface area contributed by atoms with E-state index in [2.05, 4.69) is 45.1 Å². The first-order valence-corrected chi connectivity index (χ1v) is 34.1. The molecule has 4 rings (SSSR count). The van der Waals surface area contributed by atoms with Crippen molar-refractivity contribution in [2.24, 2.45) is 10.2 Å². The molecule has 0 bridgehead atoms. The van der Waals surface area contributed by atoms with Gasteiger partial charge in [-0.25, -0.2) is 9.36 Å². The maximum Gasteiger partial charge on any atom is 0.472 e. The number of aryl methyl sites for hydroxylation is 2. The summed E-state index contributed by atoms with van der Waals surface area (Å²) in [6.45, 7) is 5.33. The topological polar surface area (TPSA) is 278 Å². The van der Waals surface area contributed by atoms with Crippen molar-refractivity contribution >= 4 is 49.1 Å². The monoisotopic (exact) mass is 1240 g/mol. The number of rotatable bonds is 51. The Morgan fingerprint density at radius 1 is 0.655 bits per heavy atom. The van der Waals surface area contributed by atoms with Gasteiger partial charge in [0.2, 0.25) is 5.91 Å². The van der Waals surface area contributed by atoms with Gasteiger partial charge in [0, 0.05) is 63.0 Å². The van der Waals surface area contributed by atoms with Crippen LogP contribution in [0, 0.1) is 10.1 Å². The summed E-state index contributed by atoms with van der Waals surface area (Å²) >= 11 is 0. The summed E-state index contributed by atoms with van der Waals surface area (Å²) in [5.41, 5.74) is 4.35. The van der Waals surface area contributed by atoms with Gasteiger partial charge in [0.05, 0.1) is 29.4 Å². The van der Waals surface area contributed by atoms with Crippen LogP contribution >= 0.6 is 7.82 Å². The molecule has 486 valence electrons. The standard InChI is InChI=1S/C64H102N9O13P/c1-4-6-8-10-12-14-16-18-20-22-24-26-33-43-61(75)82-51-56(86-62(76)44-34-27-25-23-21-19-17-15-13-11-9-7-5-2)52-84-87(80,81)83-49-47-65-60(74)42-32-29-37-48-71-50-55(66-70-71)45-46-59-67-68-63(54-38-30-28-31-39-54)69-72(59)64(77)85-53(3)57-40-35-36-41-58(57)73(78)79/h28,30-31,35-36,38-41,50,53,56H,4-27,29,32-34,37,42-49,51-52H2,1-3H3,(H,65,74)(H,68,69)(H,80,81)/t53?,56-/m1/s1. The summed E-state index contributed by atoms with van der Waals surface area (Å²) in [6, 6.07) is 15.1. The highest BCUT2D eigenvalue weighted by Gasteiger charge is 2.31. The molecule has 0 spiro atoms. The van der Waals surface area contributed by atoms with Gasteiger partial charge >= 0.3 is 25.9 Å². The van der Waals surface area contributed by atoms with Crippen LogP contribution in [0.15, 0.2) is 71.0 Å². The highest BCUT2D eigenvalue weighted by molar-refractivity contribution is 7.47. The van der Waals surface area contributed by atoms with Crippen molar-refractivity contribution in [3.63, 3.8) is 0 Å². The van der Waals surface area contributed by atoms with Gasteiger partial charge in [-0.2, -0.15) is 5.01 Å². The van der Waals surface area contributed by atoms with Crippen LogP contribution in [0.2, 0.25) is 0 Å². The van der Waals surface area contributed by atoms with Gasteiger partial charge < -0.3 is 24.4 Å². The first-order chi connectivity index (χ1) is 42.3. The normalized spacial score (nSPS) is 13.6. The Labute approximate surface area is 516 Å². The largest absolute Gasteiger partial charge is 0.472 e. The van der Waals surface area contributed by atoms with Crippen molar-refractivity contribution in [3.8, 4) is 0 Å². The number of unbranched alkanes of at least 4 members (excludes halogenated alkanes) is 26.